The van der Waals surface area contributed by atoms with Crippen LogP contribution in [0.1, 0.15) is 38.5 Å². The van der Waals surface area contributed by atoms with E-state index in [1.54, 1.807) is 0 Å². The van der Waals surface area contributed by atoms with Gasteiger partial charge in [-0.05, 0) is 55.8 Å². The van der Waals surface area contributed by atoms with Crippen LogP contribution in [-0.4, -0.2) is 41.4 Å². The third-order valence-corrected chi connectivity index (χ3v) is 6.20. The number of halogens is 2. The Morgan fingerprint density at radius 2 is 1.77 bits per heavy atom. The molecule has 1 amide bonds. The summed E-state index contributed by atoms with van der Waals surface area (Å²) < 4.78 is 56.1. The van der Waals surface area contributed by atoms with Crippen LogP contribution in [0.3, 0.4) is 0 Å². The van der Waals surface area contributed by atoms with Gasteiger partial charge in [-0.25, -0.2) is 0 Å². The van der Waals surface area contributed by atoms with Crippen molar-refractivity contribution < 1.29 is 31.7 Å². The predicted octanol–water partition coefficient (Wildman–Crippen LogP) is 0.914. The van der Waals surface area contributed by atoms with Gasteiger partial charge >= 0.3 is 21.3 Å². The average Bonchev–Trinajstić information content (AvgIpc) is 2.31. The minimum absolute atomic E-state index is 0.105. The third kappa shape index (κ3) is 2.52. The number of carbonyl (C=O) groups excluding carboxylic acids is 1. The number of carbonyl (C=O) groups is 1. The van der Waals surface area contributed by atoms with Gasteiger partial charge in [0.05, 0.1) is 5.60 Å². The largest absolute Gasteiger partial charge is 0.446 e. The molecule has 4 saturated carbocycles. The average molecular weight is 339 g/mol. The summed E-state index contributed by atoms with van der Waals surface area (Å²) in [5.74, 6) is -1.37. The summed E-state index contributed by atoms with van der Waals surface area (Å²) in [5.41, 5.74) is -1.25. The Bertz CT molecular complexity index is 592. The molecule has 4 aliphatic rings. The van der Waals surface area contributed by atoms with E-state index in [-0.39, 0.29) is 6.54 Å². The van der Waals surface area contributed by atoms with Crippen molar-refractivity contribution in [2.45, 2.75) is 49.4 Å². The summed E-state index contributed by atoms with van der Waals surface area (Å²) in [6.45, 7) is -0.105. The molecule has 0 aliphatic heterocycles. The topological polar surface area (TPSA) is 104 Å². The van der Waals surface area contributed by atoms with Crippen molar-refractivity contribution in [3.63, 3.8) is 0 Å². The minimum atomic E-state index is -5.79. The predicted molar refractivity (Wildman–Crippen MR) is 71.6 cm³/mol. The Labute approximate surface area is 127 Å². The summed E-state index contributed by atoms with van der Waals surface area (Å²) in [5, 5.41) is 7.63. The Morgan fingerprint density at radius 3 is 2.23 bits per heavy atom. The van der Waals surface area contributed by atoms with Crippen molar-refractivity contribution in [1.82, 2.24) is 5.32 Å². The van der Waals surface area contributed by atoms with Gasteiger partial charge in [0.2, 0.25) is 0 Å². The molecule has 6 nitrogen and oxygen atoms in total. The molecule has 0 heterocycles. The second kappa shape index (κ2) is 4.61. The van der Waals surface area contributed by atoms with Gasteiger partial charge in [-0.15, -0.1) is 0 Å². The molecule has 4 bridgehead atoms. The van der Waals surface area contributed by atoms with Gasteiger partial charge in [0.25, 0.3) is 0 Å². The number of hydrogen-bond donors (Lipinski definition) is 3. The lowest BCUT2D eigenvalue weighted by atomic mass is 9.48. The Kier molecular flexibility index (Phi) is 3.37. The zero-order valence-corrected chi connectivity index (χ0v) is 12.7. The summed E-state index contributed by atoms with van der Waals surface area (Å²) >= 11 is 0. The number of nitrogens with one attached hydrogen (secondary N) is 1. The molecule has 0 spiro atoms. The van der Waals surface area contributed by atoms with E-state index in [1.807, 2.05) is 5.32 Å². The quantitative estimate of drug-likeness (QED) is 0.661. The van der Waals surface area contributed by atoms with Crippen molar-refractivity contribution in [1.29, 1.82) is 0 Å². The van der Waals surface area contributed by atoms with E-state index in [0.717, 1.165) is 19.3 Å². The molecule has 2 unspecified atom stereocenters. The highest BCUT2D eigenvalue weighted by Gasteiger charge is 2.58. The Hall–Kier alpha value is -0.800. The van der Waals surface area contributed by atoms with E-state index in [1.165, 1.54) is 0 Å². The SMILES string of the molecule is O=C(NCC12CC3CC(CC(O)(C3)C1)C2)C(F)(F)S(=O)(=O)O. The van der Waals surface area contributed by atoms with Gasteiger partial charge in [-0.1, -0.05) is 0 Å². The maximum Gasteiger partial charge on any atom is 0.446 e. The molecule has 0 aromatic heterocycles. The molecule has 2 atom stereocenters. The van der Waals surface area contributed by atoms with E-state index < -0.39 is 32.3 Å². The lowest BCUT2D eigenvalue weighted by Crippen LogP contribution is -2.59. The number of alkyl halides is 2. The van der Waals surface area contributed by atoms with Crippen molar-refractivity contribution in [3.05, 3.63) is 0 Å². The number of amides is 1. The molecule has 0 radical (unpaired) electrons. The first-order valence-electron chi connectivity index (χ1n) is 7.30. The summed E-state index contributed by atoms with van der Waals surface area (Å²) in [7, 11) is -5.79. The molecule has 0 aromatic rings. The fourth-order valence-electron chi connectivity index (χ4n) is 5.10. The first-order valence-corrected chi connectivity index (χ1v) is 8.74. The van der Waals surface area contributed by atoms with Crippen molar-refractivity contribution >= 4 is 16.0 Å². The molecule has 4 aliphatic carbocycles. The molecule has 0 saturated heterocycles. The molecule has 126 valence electrons. The monoisotopic (exact) mass is 339 g/mol. The van der Waals surface area contributed by atoms with E-state index in [0.29, 0.717) is 31.1 Å². The zero-order chi connectivity index (χ0) is 16.4. The smallest absolute Gasteiger partial charge is 0.390 e. The molecule has 3 N–H and O–H groups in total. The summed E-state index contributed by atoms with van der Waals surface area (Å²) in [6.07, 6.45) is 4.34. The van der Waals surface area contributed by atoms with Crippen molar-refractivity contribution in [3.8, 4) is 0 Å². The molecule has 4 rings (SSSR count). The van der Waals surface area contributed by atoms with Crippen LogP contribution >= 0.6 is 0 Å². The Balaban J connectivity index is 1.71. The second-order valence-corrected chi connectivity index (χ2v) is 8.82. The van der Waals surface area contributed by atoms with Gasteiger partial charge in [0.1, 0.15) is 0 Å². The van der Waals surface area contributed by atoms with Crippen LogP contribution in [0.2, 0.25) is 0 Å². The number of hydrogen-bond acceptors (Lipinski definition) is 4. The van der Waals surface area contributed by atoms with Gasteiger partial charge in [-0.3, -0.25) is 9.35 Å². The second-order valence-electron chi connectivity index (χ2n) is 7.36. The van der Waals surface area contributed by atoms with Crippen LogP contribution in [-0.2, 0) is 14.9 Å². The number of aliphatic hydroxyl groups is 1. The van der Waals surface area contributed by atoms with E-state index in [2.05, 4.69) is 0 Å². The molecule has 0 aromatic carbocycles. The molecular weight excluding hydrogens is 320 g/mol. The fourth-order valence-corrected chi connectivity index (χ4v) is 5.40. The number of rotatable bonds is 4. The van der Waals surface area contributed by atoms with E-state index >= 15 is 0 Å². The minimum Gasteiger partial charge on any atom is -0.390 e. The lowest BCUT2D eigenvalue weighted by Gasteiger charge is -2.60. The standard InChI is InChI=1S/C13H19F2NO5S/c14-13(15,22(19,20)21)10(17)16-7-11-2-8-1-9(3-11)5-12(18,4-8)6-11/h8-9,18H,1-7H2,(H,16,17)(H,19,20,21). The lowest BCUT2D eigenvalue weighted by molar-refractivity contribution is -0.165. The maximum atomic E-state index is 13.3. The zero-order valence-electron chi connectivity index (χ0n) is 11.9. The van der Waals surface area contributed by atoms with Crippen LogP contribution in [0, 0.1) is 17.3 Å². The highest BCUT2D eigenvalue weighted by atomic mass is 32.2. The van der Waals surface area contributed by atoms with Crippen LogP contribution in [0.4, 0.5) is 8.78 Å². The van der Waals surface area contributed by atoms with Crippen LogP contribution in [0.25, 0.3) is 0 Å². The first kappa shape index (κ1) is 16.1. The normalized spacial score (nSPS) is 40.7. The van der Waals surface area contributed by atoms with Gasteiger partial charge < -0.3 is 10.4 Å². The fraction of sp³-hybridized carbons (Fsp3) is 0.923. The third-order valence-electron chi connectivity index (χ3n) is 5.36. The summed E-state index contributed by atoms with van der Waals surface area (Å²) in [4.78, 5) is 11.4. The highest BCUT2D eigenvalue weighted by molar-refractivity contribution is 7.87. The van der Waals surface area contributed by atoms with Gasteiger partial charge in [-0.2, -0.15) is 17.2 Å². The molecule has 22 heavy (non-hydrogen) atoms. The highest BCUT2D eigenvalue weighted by Crippen LogP contribution is 2.61. The van der Waals surface area contributed by atoms with Crippen LogP contribution < -0.4 is 5.32 Å². The van der Waals surface area contributed by atoms with Crippen molar-refractivity contribution in [2.24, 2.45) is 17.3 Å². The van der Waals surface area contributed by atoms with Gasteiger partial charge in [0, 0.05) is 6.54 Å². The van der Waals surface area contributed by atoms with Gasteiger partial charge in [0.15, 0.2) is 0 Å². The molecule has 9 heteroatoms. The van der Waals surface area contributed by atoms with Crippen LogP contribution in [0.15, 0.2) is 0 Å². The molecule has 4 fully saturated rings. The molecular formula is C13H19F2NO5S. The van der Waals surface area contributed by atoms with Crippen LogP contribution in [0.5, 0.6) is 0 Å². The van der Waals surface area contributed by atoms with E-state index in [9.17, 15) is 27.1 Å². The van der Waals surface area contributed by atoms with Crippen molar-refractivity contribution in [2.75, 3.05) is 6.54 Å². The maximum absolute atomic E-state index is 13.3. The van der Waals surface area contributed by atoms with E-state index in [4.69, 9.17) is 4.55 Å². The summed E-state index contributed by atoms with van der Waals surface area (Å²) in [6, 6.07) is 0. The Morgan fingerprint density at radius 1 is 1.23 bits per heavy atom. The first-order chi connectivity index (χ1) is 9.95.